The van der Waals surface area contributed by atoms with Gasteiger partial charge in [0, 0.05) is 31.9 Å². The van der Waals surface area contributed by atoms with Crippen LogP contribution in [0.15, 0.2) is 30.3 Å². The molecule has 0 radical (unpaired) electrons. The van der Waals surface area contributed by atoms with Gasteiger partial charge in [-0.25, -0.2) is 0 Å². The van der Waals surface area contributed by atoms with Crippen molar-refractivity contribution in [1.29, 1.82) is 0 Å². The van der Waals surface area contributed by atoms with Gasteiger partial charge in [-0.05, 0) is 31.7 Å². The Bertz CT molecular complexity index is 474. The molecule has 0 aromatic heterocycles. The quantitative estimate of drug-likeness (QED) is 0.779. The number of carbonyl (C=O) groups is 1. The fourth-order valence-electron chi connectivity index (χ4n) is 2.37. The molecule has 1 heterocycles. The normalized spacial score (nSPS) is 16.4. The van der Waals surface area contributed by atoms with E-state index in [-0.39, 0.29) is 5.97 Å². The van der Waals surface area contributed by atoms with E-state index in [4.69, 9.17) is 4.74 Å². The van der Waals surface area contributed by atoms with Crippen molar-refractivity contribution in [3.05, 3.63) is 35.9 Å². The Morgan fingerprint density at radius 3 is 2.48 bits per heavy atom. The lowest BCUT2D eigenvalue weighted by Gasteiger charge is -2.34. The predicted octanol–water partition coefficient (Wildman–Crippen LogP) is 2.40. The van der Waals surface area contributed by atoms with E-state index in [2.05, 4.69) is 41.1 Å². The summed E-state index contributed by atoms with van der Waals surface area (Å²) < 4.78 is 4.89. The molecule has 0 N–H and O–H groups in total. The maximum Gasteiger partial charge on any atom is 0.309 e. The van der Waals surface area contributed by atoms with Crippen molar-refractivity contribution in [2.45, 2.75) is 13.3 Å². The average molecular weight is 288 g/mol. The van der Waals surface area contributed by atoms with Crippen LogP contribution in [0.5, 0.6) is 0 Å². The van der Waals surface area contributed by atoms with E-state index in [0.29, 0.717) is 13.0 Å². The molecule has 1 aliphatic heterocycles. The number of hydrogen-bond acceptors (Lipinski definition) is 4. The second-order valence-electron chi connectivity index (χ2n) is 5.29. The van der Waals surface area contributed by atoms with Crippen LogP contribution in [-0.2, 0) is 9.53 Å². The van der Waals surface area contributed by atoms with Crippen molar-refractivity contribution in [3.63, 3.8) is 0 Å². The summed E-state index contributed by atoms with van der Waals surface area (Å²) in [6, 6.07) is 8.48. The summed E-state index contributed by atoms with van der Waals surface area (Å²) in [5.41, 5.74) is 2.38. The lowest BCUT2D eigenvalue weighted by molar-refractivity contribution is -0.142. The monoisotopic (exact) mass is 288 g/mol. The first-order valence-corrected chi connectivity index (χ1v) is 7.54. The molecule has 2 rings (SSSR count). The fraction of sp³-hybridized carbons (Fsp3) is 0.471. The van der Waals surface area contributed by atoms with Crippen LogP contribution in [0.2, 0.25) is 0 Å². The Balaban J connectivity index is 1.87. The number of rotatable bonds is 5. The first kappa shape index (κ1) is 15.6. The van der Waals surface area contributed by atoms with E-state index < -0.39 is 0 Å². The van der Waals surface area contributed by atoms with Crippen molar-refractivity contribution >= 4 is 17.7 Å². The number of nitrogens with zero attached hydrogens (tertiary/aromatic N) is 2. The number of hydrogen-bond donors (Lipinski definition) is 0. The molecule has 0 bridgehead atoms. The molecule has 0 saturated carbocycles. The van der Waals surface area contributed by atoms with Crippen LogP contribution in [-0.4, -0.2) is 50.7 Å². The zero-order valence-corrected chi connectivity index (χ0v) is 12.9. The molecular weight excluding hydrogens is 264 g/mol. The zero-order chi connectivity index (χ0) is 15.1. The first-order valence-electron chi connectivity index (χ1n) is 7.54. The van der Waals surface area contributed by atoms with Crippen molar-refractivity contribution < 1.29 is 9.53 Å². The molecule has 21 heavy (non-hydrogen) atoms. The highest BCUT2D eigenvalue weighted by molar-refractivity contribution is 5.72. The third-order valence-electron chi connectivity index (χ3n) is 3.66. The summed E-state index contributed by atoms with van der Waals surface area (Å²) in [4.78, 5) is 16.0. The van der Waals surface area contributed by atoms with Crippen LogP contribution in [0.1, 0.15) is 18.9 Å². The van der Waals surface area contributed by atoms with Gasteiger partial charge in [-0.2, -0.15) is 0 Å². The molecule has 114 valence electrons. The molecule has 0 unspecified atom stereocenters. The van der Waals surface area contributed by atoms with Gasteiger partial charge in [-0.1, -0.05) is 24.3 Å². The number of carbonyl (C=O) groups excluding carboxylic acids is 1. The van der Waals surface area contributed by atoms with Crippen LogP contribution in [0.3, 0.4) is 0 Å². The van der Waals surface area contributed by atoms with Gasteiger partial charge in [0.15, 0.2) is 0 Å². The minimum atomic E-state index is -0.178. The molecule has 1 fully saturated rings. The lowest BCUT2D eigenvalue weighted by atomic mass is 10.1. The second-order valence-corrected chi connectivity index (χ2v) is 5.29. The van der Waals surface area contributed by atoms with Crippen LogP contribution in [0, 0.1) is 0 Å². The summed E-state index contributed by atoms with van der Waals surface area (Å²) in [5.74, 6) is -0.178. The Labute approximate surface area is 127 Å². The maximum absolute atomic E-state index is 11.2. The Morgan fingerprint density at radius 1 is 1.19 bits per heavy atom. The summed E-state index contributed by atoms with van der Waals surface area (Å²) >= 11 is 0. The number of esters is 1. The Hall–Kier alpha value is -1.81. The van der Waals surface area contributed by atoms with Crippen LogP contribution in [0.4, 0.5) is 5.69 Å². The molecule has 0 amide bonds. The fourth-order valence-corrected chi connectivity index (χ4v) is 2.37. The molecular formula is C17H24N2O2. The van der Waals surface area contributed by atoms with Gasteiger partial charge >= 0.3 is 5.97 Å². The molecule has 4 heteroatoms. The van der Waals surface area contributed by atoms with E-state index in [1.807, 2.05) is 19.1 Å². The van der Waals surface area contributed by atoms with Gasteiger partial charge in [0.25, 0.3) is 0 Å². The largest absolute Gasteiger partial charge is 0.466 e. The zero-order valence-electron chi connectivity index (χ0n) is 12.9. The average Bonchev–Trinajstić information content (AvgIpc) is 2.49. The molecule has 0 spiro atoms. The van der Waals surface area contributed by atoms with E-state index in [9.17, 15) is 4.79 Å². The summed E-state index contributed by atoms with van der Waals surface area (Å²) in [7, 11) is 2.16. The summed E-state index contributed by atoms with van der Waals surface area (Å²) in [6.07, 6.45) is 4.14. The Kier molecular flexibility index (Phi) is 5.81. The van der Waals surface area contributed by atoms with Crippen molar-refractivity contribution in [2.75, 3.05) is 44.7 Å². The minimum Gasteiger partial charge on any atom is -0.466 e. The van der Waals surface area contributed by atoms with Crippen molar-refractivity contribution in [3.8, 4) is 0 Å². The van der Waals surface area contributed by atoms with Gasteiger partial charge in [0.1, 0.15) is 0 Å². The molecule has 0 atom stereocenters. The van der Waals surface area contributed by atoms with E-state index in [0.717, 1.165) is 31.7 Å². The highest BCUT2D eigenvalue weighted by Crippen LogP contribution is 2.17. The third kappa shape index (κ3) is 4.90. The molecule has 1 aliphatic rings. The van der Waals surface area contributed by atoms with Gasteiger partial charge in [-0.3, -0.25) is 4.79 Å². The molecule has 4 nitrogen and oxygen atoms in total. The van der Waals surface area contributed by atoms with E-state index in [1.54, 1.807) is 0 Å². The van der Waals surface area contributed by atoms with Gasteiger partial charge in [0.2, 0.25) is 0 Å². The lowest BCUT2D eigenvalue weighted by Crippen LogP contribution is -2.44. The topological polar surface area (TPSA) is 32.8 Å². The number of benzene rings is 1. The van der Waals surface area contributed by atoms with Crippen molar-refractivity contribution in [2.24, 2.45) is 0 Å². The summed E-state index contributed by atoms with van der Waals surface area (Å²) in [5, 5.41) is 0. The predicted molar refractivity (Wildman–Crippen MR) is 86.4 cm³/mol. The number of piperazine rings is 1. The number of anilines is 1. The second kappa shape index (κ2) is 7.84. The maximum atomic E-state index is 11.2. The van der Waals surface area contributed by atoms with Crippen LogP contribution < -0.4 is 4.90 Å². The molecule has 1 saturated heterocycles. The molecule has 1 aromatic carbocycles. The smallest absolute Gasteiger partial charge is 0.309 e. The van der Waals surface area contributed by atoms with Crippen LogP contribution >= 0.6 is 0 Å². The highest BCUT2D eigenvalue weighted by Gasteiger charge is 2.13. The number of likely N-dealkylation sites (N-methyl/N-ethyl adjacent to an activating group) is 1. The summed E-state index contributed by atoms with van der Waals surface area (Å²) in [6.45, 7) is 6.64. The van der Waals surface area contributed by atoms with E-state index >= 15 is 0 Å². The molecule has 0 aliphatic carbocycles. The van der Waals surface area contributed by atoms with Crippen molar-refractivity contribution in [1.82, 2.24) is 4.90 Å². The highest BCUT2D eigenvalue weighted by atomic mass is 16.5. The van der Waals surface area contributed by atoms with E-state index in [1.165, 1.54) is 5.69 Å². The SMILES string of the molecule is CCOC(=O)CC=Cc1ccc(N2CCN(C)CC2)cc1. The minimum absolute atomic E-state index is 0.178. The van der Waals surface area contributed by atoms with Gasteiger partial charge in [-0.15, -0.1) is 0 Å². The number of ether oxygens (including phenoxy) is 1. The van der Waals surface area contributed by atoms with Gasteiger partial charge < -0.3 is 14.5 Å². The van der Waals surface area contributed by atoms with Crippen LogP contribution in [0.25, 0.3) is 6.08 Å². The first-order chi connectivity index (χ1) is 10.2. The third-order valence-corrected chi connectivity index (χ3v) is 3.66. The van der Waals surface area contributed by atoms with Gasteiger partial charge in [0.05, 0.1) is 13.0 Å². The Morgan fingerprint density at radius 2 is 1.86 bits per heavy atom. The standard InChI is InChI=1S/C17H24N2O2/c1-3-21-17(20)6-4-5-15-7-9-16(10-8-15)19-13-11-18(2)12-14-19/h4-5,7-10H,3,6,11-14H2,1-2H3. The molecule has 1 aromatic rings.